The van der Waals surface area contributed by atoms with Gasteiger partial charge in [0.15, 0.2) is 5.65 Å². The third-order valence-electron chi connectivity index (χ3n) is 6.50. The molecule has 4 heterocycles. The third kappa shape index (κ3) is 3.84. The maximum atomic E-state index is 13.3. The van der Waals surface area contributed by atoms with Crippen LogP contribution in [0.1, 0.15) is 22.5 Å². The lowest BCUT2D eigenvalue weighted by Gasteiger charge is -2.23. The van der Waals surface area contributed by atoms with Crippen molar-refractivity contribution in [3.63, 3.8) is 0 Å². The molecule has 0 aliphatic carbocycles. The number of nitrogens with zero attached hydrogens (tertiary/aromatic N) is 6. The number of aromatic nitrogens is 5. The van der Waals surface area contributed by atoms with Gasteiger partial charge in [0.1, 0.15) is 17.4 Å². The molecule has 5 rings (SSSR count). The number of amides is 2. The molecule has 1 aliphatic heterocycles. The summed E-state index contributed by atoms with van der Waals surface area (Å²) in [7, 11) is 3.33. The van der Waals surface area contributed by atoms with Crippen LogP contribution in [0.25, 0.3) is 11.3 Å². The fourth-order valence-corrected chi connectivity index (χ4v) is 4.65. The first-order chi connectivity index (χ1) is 16.9. The molecule has 35 heavy (non-hydrogen) atoms. The highest BCUT2D eigenvalue weighted by Gasteiger charge is 2.39. The molecular formula is C24H26N8O3. The lowest BCUT2D eigenvalue weighted by Crippen LogP contribution is -2.42. The van der Waals surface area contributed by atoms with E-state index in [2.05, 4.69) is 20.7 Å². The predicted octanol–water partition coefficient (Wildman–Crippen LogP) is 0.650. The Morgan fingerprint density at radius 3 is 2.63 bits per heavy atom. The van der Waals surface area contributed by atoms with Crippen LogP contribution in [-0.2, 0) is 11.8 Å². The van der Waals surface area contributed by atoms with Crippen LogP contribution < -0.4 is 21.1 Å². The highest BCUT2D eigenvalue weighted by Crippen LogP contribution is 2.25. The highest BCUT2D eigenvalue weighted by molar-refractivity contribution is 5.95. The summed E-state index contributed by atoms with van der Waals surface area (Å²) in [5, 5.41) is 10.2. The number of fused-ring (bicyclic) bond motifs is 1. The van der Waals surface area contributed by atoms with Gasteiger partial charge in [0.05, 0.1) is 11.4 Å². The Morgan fingerprint density at radius 2 is 1.89 bits per heavy atom. The molecule has 0 bridgehead atoms. The summed E-state index contributed by atoms with van der Waals surface area (Å²) in [6.07, 6.45) is 3.77. The Kier molecular flexibility index (Phi) is 5.59. The third-order valence-corrected chi connectivity index (χ3v) is 6.50. The van der Waals surface area contributed by atoms with Gasteiger partial charge in [0.2, 0.25) is 5.91 Å². The lowest BCUT2D eigenvalue weighted by atomic mass is 10.1. The molecule has 1 saturated heterocycles. The molecule has 11 nitrogen and oxygen atoms in total. The van der Waals surface area contributed by atoms with Crippen molar-refractivity contribution in [1.29, 1.82) is 0 Å². The first kappa shape index (κ1) is 22.4. The second-order valence-electron chi connectivity index (χ2n) is 8.55. The van der Waals surface area contributed by atoms with Crippen LogP contribution in [0.5, 0.6) is 0 Å². The number of carbonyl (C=O) groups is 2. The van der Waals surface area contributed by atoms with Crippen LogP contribution in [0.2, 0.25) is 0 Å². The quantitative estimate of drug-likeness (QED) is 0.439. The van der Waals surface area contributed by atoms with Gasteiger partial charge < -0.3 is 15.5 Å². The van der Waals surface area contributed by atoms with E-state index in [1.807, 2.05) is 47.4 Å². The molecule has 3 aromatic heterocycles. The predicted molar refractivity (Wildman–Crippen MR) is 130 cm³/mol. The monoisotopic (exact) mass is 474 g/mol. The molecule has 1 aliphatic rings. The molecule has 180 valence electrons. The van der Waals surface area contributed by atoms with Crippen molar-refractivity contribution in [2.75, 3.05) is 18.5 Å². The number of para-hydroxylation sites is 1. The van der Waals surface area contributed by atoms with E-state index >= 15 is 0 Å². The fourth-order valence-electron chi connectivity index (χ4n) is 4.65. The topological polar surface area (TPSA) is 119 Å². The Labute approximate surface area is 201 Å². The molecule has 1 aromatic carbocycles. The molecule has 2 atom stereocenters. The Morgan fingerprint density at radius 1 is 1.11 bits per heavy atom. The number of likely N-dealkylation sites (N-methyl/N-ethyl adjacent to an activating group) is 1. The van der Waals surface area contributed by atoms with Gasteiger partial charge >= 0.3 is 0 Å². The van der Waals surface area contributed by atoms with Crippen molar-refractivity contribution in [2.24, 2.45) is 7.05 Å². The van der Waals surface area contributed by atoms with Gasteiger partial charge in [-0.3, -0.25) is 19.1 Å². The average Bonchev–Trinajstić information content (AvgIpc) is 3.55. The first-order valence-corrected chi connectivity index (χ1v) is 11.3. The van der Waals surface area contributed by atoms with E-state index in [9.17, 15) is 14.4 Å². The van der Waals surface area contributed by atoms with E-state index in [-0.39, 0.29) is 17.5 Å². The molecular weight excluding hydrogens is 448 g/mol. The van der Waals surface area contributed by atoms with Crippen molar-refractivity contribution in [2.45, 2.75) is 25.4 Å². The number of anilines is 1. The van der Waals surface area contributed by atoms with Gasteiger partial charge in [-0.05, 0) is 37.6 Å². The summed E-state index contributed by atoms with van der Waals surface area (Å²) in [4.78, 5) is 45.2. The number of carbonyl (C=O) groups excluding carboxylic acids is 2. The molecule has 4 aromatic rings. The van der Waals surface area contributed by atoms with E-state index < -0.39 is 17.5 Å². The minimum atomic E-state index is -0.517. The molecule has 0 unspecified atom stereocenters. The normalized spacial score (nSPS) is 17.6. The highest BCUT2D eigenvalue weighted by atomic mass is 16.2. The summed E-state index contributed by atoms with van der Waals surface area (Å²) < 4.78 is 4.79. The SMILES string of the molecule is CNC(=O)[C@@H]1C[C@H](NC(=O)c2c(C)n(C)n(-c3ccccc3)c2=O)CN1c1ccc2nccn2n1. The average molecular weight is 475 g/mol. The van der Waals surface area contributed by atoms with Crippen LogP contribution in [0, 0.1) is 6.92 Å². The summed E-state index contributed by atoms with van der Waals surface area (Å²) >= 11 is 0. The van der Waals surface area contributed by atoms with Crippen molar-refractivity contribution < 1.29 is 9.59 Å². The summed E-state index contributed by atoms with van der Waals surface area (Å²) in [5.74, 6) is -0.0296. The Balaban J connectivity index is 1.42. The Hall–Kier alpha value is -4.41. The summed E-state index contributed by atoms with van der Waals surface area (Å²) in [6.45, 7) is 2.12. The zero-order valence-electron chi connectivity index (χ0n) is 19.7. The molecule has 2 N–H and O–H groups in total. The molecule has 0 saturated carbocycles. The van der Waals surface area contributed by atoms with Crippen LogP contribution in [-0.4, -0.2) is 61.5 Å². The maximum Gasteiger partial charge on any atom is 0.284 e. The minimum absolute atomic E-state index is 0.0873. The van der Waals surface area contributed by atoms with Crippen molar-refractivity contribution in [3.05, 3.63) is 76.5 Å². The molecule has 11 heteroatoms. The van der Waals surface area contributed by atoms with E-state index in [4.69, 9.17) is 0 Å². The van der Waals surface area contributed by atoms with Crippen LogP contribution in [0.15, 0.2) is 59.7 Å². The molecule has 2 amide bonds. The Bertz CT molecular complexity index is 1470. The summed E-state index contributed by atoms with van der Waals surface area (Å²) in [6, 6.07) is 11.9. The molecule has 1 fully saturated rings. The smallest absolute Gasteiger partial charge is 0.284 e. The van der Waals surface area contributed by atoms with E-state index in [0.717, 1.165) is 0 Å². The minimum Gasteiger partial charge on any atom is -0.357 e. The van der Waals surface area contributed by atoms with E-state index in [0.29, 0.717) is 35.8 Å². The second kappa shape index (κ2) is 8.75. The van der Waals surface area contributed by atoms with Gasteiger partial charge in [0, 0.05) is 39.1 Å². The number of hydrogen-bond donors (Lipinski definition) is 2. The molecule has 0 radical (unpaired) electrons. The van der Waals surface area contributed by atoms with Gasteiger partial charge in [-0.15, -0.1) is 5.10 Å². The largest absolute Gasteiger partial charge is 0.357 e. The van der Waals surface area contributed by atoms with E-state index in [1.54, 1.807) is 42.6 Å². The number of imidazole rings is 1. The zero-order chi connectivity index (χ0) is 24.7. The van der Waals surface area contributed by atoms with Gasteiger partial charge in [-0.2, -0.15) is 0 Å². The van der Waals surface area contributed by atoms with Gasteiger partial charge in [-0.1, -0.05) is 18.2 Å². The number of nitrogens with one attached hydrogen (secondary N) is 2. The van der Waals surface area contributed by atoms with Crippen LogP contribution in [0.3, 0.4) is 0 Å². The van der Waals surface area contributed by atoms with Crippen LogP contribution in [0.4, 0.5) is 5.82 Å². The van der Waals surface area contributed by atoms with Gasteiger partial charge in [0.25, 0.3) is 11.5 Å². The number of rotatable bonds is 5. The van der Waals surface area contributed by atoms with Crippen LogP contribution >= 0.6 is 0 Å². The first-order valence-electron chi connectivity index (χ1n) is 11.3. The van der Waals surface area contributed by atoms with E-state index in [1.165, 1.54) is 4.68 Å². The van der Waals surface area contributed by atoms with Crippen molar-refractivity contribution in [3.8, 4) is 5.69 Å². The van der Waals surface area contributed by atoms with Gasteiger partial charge in [-0.25, -0.2) is 14.2 Å². The van der Waals surface area contributed by atoms with Crippen molar-refractivity contribution in [1.82, 2.24) is 34.6 Å². The summed E-state index contributed by atoms with van der Waals surface area (Å²) in [5.41, 5.74) is 1.63. The zero-order valence-corrected chi connectivity index (χ0v) is 19.7. The number of benzene rings is 1. The standard InChI is InChI=1S/C24H26N8O3/c1-15-21(24(35)32(29(15)3)17-7-5-4-6-8-17)23(34)27-16-13-18(22(33)25-2)30(14-16)20-10-9-19-26-11-12-31(19)28-20/h4-12,16,18H,13-14H2,1-3H3,(H,25,33)(H,27,34)/t16-,18-/m0/s1. The molecule has 0 spiro atoms. The number of hydrogen-bond acceptors (Lipinski definition) is 6. The fraction of sp³-hybridized carbons (Fsp3) is 0.292. The second-order valence-corrected chi connectivity index (χ2v) is 8.55. The van der Waals surface area contributed by atoms with Crippen molar-refractivity contribution >= 4 is 23.3 Å². The maximum absolute atomic E-state index is 13.3. The lowest BCUT2D eigenvalue weighted by molar-refractivity contribution is -0.121.